The number of likely N-dealkylation sites (tertiary alicyclic amines) is 2. The summed E-state index contributed by atoms with van der Waals surface area (Å²) in [6.07, 6.45) is 2.17. The van der Waals surface area contributed by atoms with Crippen LogP contribution in [0.1, 0.15) is 46.5 Å². The van der Waals surface area contributed by atoms with E-state index in [1.807, 2.05) is 0 Å². The lowest BCUT2D eigenvalue weighted by Crippen LogP contribution is -2.55. The molecule has 178 valence electrons. The molecule has 3 aliphatic rings. The van der Waals surface area contributed by atoms with Crippen LogP contribution < -0.4 is 0 Å². The first-order valence-electron chi connectivity index (χ1n) is 11.5. The Bertz CT molecular complexity index is 649. The highest BCUT2D eigenvalue weighted by molar-refractivity contribution is 5.73. The summed E-state index contributed by atoms with van der Waals surface area (Å²) < 4.78 is 11.2. The van der Waals surface area contributed by atoms with Crippen LogP contribution in [0.2, 0.25) is 0 Å². The predicted octanol–water partition coefficient (Wildman–Crippen LogP) is 0.679. The molecule has 4 atom stereocenters. The molecule has 0 aromatic heterocycles. The number of aliphatic hydroxyl groups is 2. The minimum Gasteiger partial charge on any atom is -0.450 e. The van der Waals surface area contributed by atoms with Gasteiger partial charge in [-0.2, -0.15) is 0 Å². The second-order valence-electron chi connectivity index (χ2n) is 9.77. The van der Waals surface area contributed by atoms with Crippen LogP contribution in [0.5, 0.6) is 0 Å². The zero-order chi connectivity index (χ0) is 22.8. The van der Waals surface area contributed by atoms with Crippen LogP contribution in [-0.4, -0.2) is 113 Å². The molecule has 0 saturated carbocycles. The van der Waals surface area contributed by atoms with Crippen LogP contribution >= 0.6 is 0 Å². The smallest absolute Gasteiger partial charge is 0.409 e. The van der Waals surface area contributed by atoms with Gasteiger partial charge in [0.1, 0.15) is 0 Å². The molecule has 0 radical (unpaired) electrons. The number of nitrogens with zero attached hydrogens (tertiary/aromatic N) is 3. The summed E-state index contributed by atoms with van der Waals surface area (Å²) in [6, 6.07) is -0.375. The molecule has 3 fully saturated rings. The number of rotatable bonds is 4. The maximum Gasteiger partial charge on any atom is 0.409 e. The van der Waals surface area contributed by atoms with Crippen molar-refractivity contribution in [3.05, 3.63) is 0 Å². The Kier molecular flexibility index (Phi) is 7.50. The first-order valence-corrected chi connectivity index (χ1v) is 11.5. The molecule has 9 heteroatoms. The van der Waals surface area contributed by atoms with E-state index in [0.29, 0.717) is 52.1 Å². The lowest BCUT2D eigenvalue weighted by molar-refractivity contribution is -0.138. The highest BCUT2D eigenvalue weighted by Crippen LogP contribution is 2.36. The van der Waals surface area contributed by atoms with Crippen molar-refractivity contribution in [1.29, 1.82) is 0 Å². The molecular formula is C22H39N3O6. The Balaban J connectivity index is 1.58. The van der Waals surface area contributed by atoms with E-state index in [0.717, 1.165) is 19.5 Å². The molecule has 31 heavy (non-hydrogen) atoms. The quantitative estimate of drug-likeness (QED) is 0.661. The maximum atomic E-state index is 11.9. The molecule has 2 amide bonds. The second-order valence-corrected chi connectivity index (χ2v) is 9.77. The van der Waals surface area contributed by atoms with Crippen molar-refractivity contribution < 1.29 is 29.3 Å². The van der Waals surface area contributed by atoms with Crippen LogP contribution in [-0.2, 0) is 14.3 Å². The fraction of sp³-hybridized carbons (Fsp3) is 0.909. The minimum absolute atomic E-state index is 0.0494. The van der Waals surface area contributed by atoms with Crippen molar-refractivity contribution in [3.8, 4) is 0 Å². The molecule has 3 aliphatic heterocycles. The fourth-order valence-corrected chi connectivity index (χ4v) is 5.35. The number of β-amino-alcohol motifs (C(OH)–C–C–N with tert-alkyl or cyclic N) is 1. The number of amides is 2. The van der Waals surface area contributed by atoms with Gasteiger partial charge in [0, 0.05) is 52.6 Å². The Morgan fingerprint density at radius 1 is 1.23 bits per heavy atom. The molecule has 3 rings (SSSR count). The van der Waals surface area contributed by atoms with Crippen molar-refractivity contribution >= 4 is 12.0 Å². The third-order valence-corrected chi connectivity index (χ3v) is 7.31. The van der Waals surface area contributed by atoms with Crippen LogP contribution in [0.25, 0.3) is 0 Å². The van der Waals surface area contributed by atoms with Crippen LogP contribution in [0.4, 0.5) is 4.79 Å². The molecule has 3 heterocycles. The summed E-state index contributed by atoms with van der Waals surface area (Å²) in [6.45, 7) is 8.86. The molecule has 0 aromatic rings. The summed E-state index contributed by atoms with van der Waals surface area (Å²) in [5, 5.41) is 22.3. The SMILES string of the molecule is CCOC(=O)N1CCC(O)(CN2CC[C@H]3OC[C@@H](N(C)C(C)=O)[C@](C)(O)C[C@H]3C2)CC1. The van der Waals surface area contributed by atoms with Gasteiger partial charge in [-0.05, 0) is 39.5 Å². The van der Waals surface area contributed by atoms with Crippen LogP contribution in [0.3, 0.4) is 0 Å². The van der Waals surface area contributed by atoms with E-state index in [4.69, 9.17) is 9.47 Å². The zero-order valence-electron chi connectivity index (χ0n) is 19.4. The van der Waals surface area contributed by atoms with Gasteiger partial charge in [0.2, 0.25) is 5.91 Å². The molecule has 0 unspecified atom stereocenters. The number of likely N-dealkylation sites (N-methyl/N-ethyl adjacent to an activating group) is 1. The first-order chi connectivity index (χ1) is 14.5. The van der Waals surface area contributed by atoms with Gasteiger partial charge in [-0.3, -0.25) is 4.79 Å². The van der Waals surface area contributed by atoms with Crippen molar-refractivity contribution in [2.24, 2.45) is 5.92 Å². The maximum absolute atomic E-state index is 11.9. The largest absolute Gasteiger partial charge is 0.450 e. The standard InChI is InChI=1S/C22H39N3O6/c1-5-30-20(27)25-10-7-22(29,8-11-25)15-24-9-6-18-17(13-24)12-21(3,28)19(14-31-18)23(4)16(2)26/h17-19,28-29H,5-15H2,1-4H3/t17-,18+,19+,21+/m0/s1. The number of hydrogen-bond donors (Lipinski definition) is 2. The van der Waals surface area contributed by atoms with Gasteiger partial charge in [-0.25, -0.2) is 4.79 Å². The minimum atomic E-state index is -1.04. The first kappa shape index (κ1) is 24.2. The van der Waals surface area contributed by atoms with E-state index in [-0.39, 0.29) is 30.1 Å². The number of fused-ring (bicyclic) bond motifs is 1. The summed E-state index contributed by atoms with van der Waals surface area (Å²) in [5.41, 5.74) is -1.87. The van der Waals surface area contributed by atoms with Crippen molar-refractivity contribution in [2.45, 2.75) is 69.8 Å². The third kappa shape index (κ3) is 5.69. The molecule has 0 aliphatic carbocycles. The second kappa shape index (κ2) is 9.60. The van der Waals surface area contributed by atoms with Crippen molar-refractivity contribution in [1.82, 2.24) is 14.7 Å². The van der Waals surface area contributed by atoms with E-state index in [1.165, 1.54) is 6.92 Å². The van der Waals surface area contributed by atoms with Gasteiger partial charge in [0.15, 0.2) is 0 Å². The third-order valence-electron chi connectivity index (χ3n) is 7.31. The molecule has 0 spiro atoms. The van der Waals surface area contributed by atoms with Crippen molar-refractivity contribution in [2.75, 3.05) is 53.0 Å². The van der Waals surface area contributed by atoms with E-state index in [9.17, 15) is 19.8 Å². The predicted molar refractivity (Wildman–Crippen MR) is 115 cm³/mol. The fourth-order valence-electron chi connectivity index (χ4n) is 5.35. The molecule has 9 nitrogen and oxygen atoms in total. The molecule has 0 aromatic carbocycles. The normalized spacial score (nSPS) is 33.9. The average molecular weight is 442 g/mol. The molecule has 0 bridgehead atoms. The Morgan fingerprint density at radius 3 is 2.52 bits per heavy atom. The van der Waals surface area contributed by atoms with Gasteiger partial charge < -0.3 is 34.4 Å². The Hall–Kier alpha value is -1.42. The molecule has 2 N–H and O–H groups in total. The van der Waals surface area contributed by atoms with Gasteiger partial charge in [-0.1, -0.05) is 0 Å². The molecular weight excluding hydrogens is 402 g/mol. The van der Waals surface area contributed by atoms with Gasteiger partial charge in [0.05, 0.1) is 36.6 Å². The Morgan fingerprint density at radius 2 is 1.90 bits per heavy atom. The number of carbonyl (C=O) groups is 2. The summed E-state index contributed by atoms with van der Waals surface area (Å²) >= 11 is 0. The number of ether oxygens (including phenoxy) is 2. The summed E-state index contributed by atoms with van der Waals surface area (Å²) in [5.74, 6) is 0.0501. The van der Waals surface area contributed by atoms with E-state index in [1.54, 1.807) is 30.7 Å². The number of carbonyl (C=O) groups excluding carboxylic acids is 2. The summed E-state index contributed by atoms with van der Waals surface area (Å²) in [7, 11) is 1.71. The lowest BCUT2D eigenvalue weighted by atomic mass is 9.81. The lowest BCUT2D eigenvalue weighted by Gasteiger charge is -2.44. The van der Waals surface area contributed by atoms with Gasteiger partial charge >= 0.3 is 6.09 Å². The average Bonchev–Trinajstić information content (AvgIpc) is 2.82. The van der Waals surface area contributed by atoms with Crippen LogP contribution in [0, 0.1) is 5.92 Å². The summed E-state index contributed by atoms with van der Waals surface area (Å²) in [4.78, 5) is 29.3. The van der Waals surface area contributed by atoms with Gasteiger partial charge in [0.25, 0.3) is 0 Å². The monoisotopic (exact) mass is 441 g/mol. The highest BCUT2D eigenvalue weighted by Gasteiger charge is 2.46. The van der Waals surface area contributed by atoms with Crippen molar-refractivity contribution in [3.63, 3.8) is 0 Å². The zero-order valence-corrected chi connectivity index (χ0v) is 19.4. The van der Waals surface area contributed by atoms with Crippen LogP contribution in [0.15, 0.2) is 0 Å². The topological polar surface area (TPSA) is 103 Å². The number of piperidine rings is 2. The Labute approximate surface area is 185 Å². The molecule has 3 saturated heterocycles. The van der Waals surface area contributed by atoms with Gasteiger partial charge in [-0.15, -0.1) is 0 Å². The van der Waals surface area contributed by atoms with E-state index in [2.05, 4.69) is 4.90 Å². The number of hydrogen-bond acceptors (Lipinski definition) is 7. The van der Waals surface area contributed by atoms with E-state index >= 15 is 0 Å². The highest BCUT2D eigenvalue weighted by atomic mass is 16.6. The van der Waals surface area contributed by atoms with E-state index < -0.39 is 11.2 Å².